The van der Waals surface area contributed by atoms with Crippen LogP contribution in [0.15, 0.2) is 42.9 Å². The minimum absolute atomic E-state index is 0.00700. The molecule has 26 heavy (non-hydrogen) atoms. The lowest BCUT2D eigenvalue weighted by Crippen LogP contribution is -2.28. The van der Waals surface area contributed by atoms with E-state index in [2.05, 4.69) is 26.6 Å². The second-order valence-corrected chi connectivity index (χ2v) is 7.01. The quantitative estimate of drug-likeness (QED) is 0.673. The molecule has 3 aromatic rings. The van der Waals surface area contributed by atoms with Crippen LogP contribution in [0.5, 0.6) is 0 Å². The molecule has 1 saturated carbocycles. The van der Waals surface area contributed by atoms with E-state index in [0.29, 0.717) is 11.7 Å². The number of H-pyrrole nitrogens is 1. The van der Waals surface area contributed by atoms with E-state index in [9.17, 15) is 9.90 Å². The fourth-order valence-electron chi connectivity index (χ4n) is 3.63. The Hall–Kier alpha value is -2.73. The monoisotopic (exact) mass is 350 g/mol. The van der Waals surface area contributed by atoms with Gasteiger partial charge in [0.25, 0.3) is 0 Å². The standard InChI is InChI=1S/C20H22N4O2/c25-12-13-1-3-14(4-2-13)20(26)24-19-8-17-7-15(18-10-22-23-11-18)5-6-16(17)9-21-19/h5-11,13-14,25H,1-4,12H2,(H,22,23)(H,21,24,26). The highest BCUT2D eigenvalue weighted by atomic mass is 16.3. The zero-order chi connectivity index (χ0) is 17.9. The van der Waals surface area contributed by atoms with Crippen LogP contribution in [0, 0.1) is 11.8 Å². The smallest absolute Gasteiger partial charge is 0.228 e. The second kappa shape index (κ2) is 7.25. The van der Waals surface area contributed by atoms with Gasteiger partial charge in [0.2, 0.25) is 5.91 Å². The Bertz CT molecular complexity index is 899. The van der Waals surface area contributed by atoms with Gasteiger partial charge in [-0.05, 0) is 54.7 Å². The van der Waals surface area contributed by atoms with Crippen LogP contribution in [-0.4, -0.2) is 32.8 Å². The maximum atomic E-state index is 12.5. The number of amides is 1. The van der Waals surface area contributed by atoms with Crippen molar-refractivity contribution in [2.45, 2.75) is 25.7 Å². The second-order valence-electron chi connectivity index (χ2n) is 7.01. The molecule has 6 heteroatoms. The number of benzene rings is 1. The fourth-order valence-corrected chi connectivity index (χ4v) is 3.63. The summed E-state index contributed by atoms with van der Waals surface area (Å²) in [6.45, 7) is 0.222. The third-order valence-electron chi connectivity index (χ3n) is 5.28. The summed E-state index contributed by atoms with van der Waals surface area (Å²) in [5.41, 5.74) is 2.09. The van der Waals surface area contributed by atoms with Gasteiger partial charge in [-0.2, -0.15) is 5.10 Å². The highest BCUT2D eigenvalue weighted by Crippen LogP contribution is 2.30. The molecule has 6 nitrogen and oxygen atoms in total. The number of aliphatic hydroxyl groups is 1. The first kappa shape index (κ1) is 16.7. The summed E-state index contributed by atoms with van der Waals surface area (Å²) in [7, 11) is 0. The maximum absolute atomic E-state index is 12.5. The Balaban J connectivity index is 1.50. The lowest BCUT2D eigenvalue weighted by molar-refractivity contribution is -0.121. The van der Waals surface area contributed by atoms with Gasteiger partial charge in [0, 0.05) is 35.9 Å². The number of hydrogen-bond acceptors (Lipinski definition) is 4. The van der Waals surface area contributed by atoms with Crippen LogP contribution in [0.4, 0.5) is 5.82 Å². The number of nitrogens with one attached hydrogen (secondary N) is 2. The molecule has 0 spiro atoms. The average Bonchev–Trinajstić information content (AvgIpc) is 3.22. The molecule has 2 aromatic heterocycles. The topological polar surface area (TPSA) is 90.9 Å². The van der Waals surface area contributed by atoms with Crippen LogP contribution < -0.4 is 5.32 Å². The Kier molecular flexibility index (Phi) is 4.67. The zero-order valence-electron chi connectivity index (χ0n) is 14.5. The number of carbonyl (C=O) groups excluding carboxylic acids is 1. The number of aliphatic hydroxyl groups excluding tert-OH is 1. The number of anilines is 1. The number of nitrogens with zero attached hydrogens (tertiary/aromatic N) is 2. The SMILES string of the molecule is O=C(Nc1cc2cc(-c3cn[nH]c3)ccc2cn1)C1CCC(CO)CC1. The molecule has 0 unspecified atom stereocenters. The van der Waals surface area contributed by atoms with Crippen molar-refractivity contribution in [3.63, 3.8) is 0 Å². The molecule has 1 aromatic carbocycles. The molecule has 0 radical (unpaired) electrons. The zero-order valence-corrected chi connectivity index (χ0v) is 14.5. The normalized spacial score (nSPS) is 20.2. The van der Waals surface area contributed by atoms with Crippen LogP contribution in [-0.2, 0) is 4.79 Å². The number of fused-ring (bicyclic) bond motifs is 1. The van der Waals surface area contributed by atoms with Crippen molar-refractivity contribution in [3.8, 4) is 11.1 Å². The van der Waals surface area contributed by atoms with E-state index in [4.69, 9.17) is 0 Å². The molecular formula is C20H22N4O2. The Morgan fingerprint density at radius 3 is 2.69 bits per heavy atom. The maximum Gasteiger partial charge on any atom is 0.228 e. The minimum atomic E-state index is 0.00700. The lowest BCUT2D eigenvalue weighted by Gasteiger charge is -2.26. The molecule has 1 aliphatic rings. The molecule has 4 rings (SSSR count). The molecule has 0 atom stereocenters. The van der Waals surface area contributed by atoms with Crippen molar-refractivity contribution in [3.05, 3.63) is 42.9 Å². The fraction of sp³-hybridized carbons (Fsp3) is 0.350. The Labute approximate surface area is 151 Å². The van der Waals surface area contributed by atoms with Crippen molar-refractivity contribution in [2.24, 2.45) is 11.8 Å². The molecule has 1 fully saturated rings. The summed E-state index contributed by atoms with van der Waals surface area (Å²) in [4.78, 5) is 16.9. The number of carbonyl (C=O) groups is 1. The summed E-state index contributed by atoms with van der Waals surface area (Å²) in [6.07, 6.45) is 8.90. The summed E-state index contributed by atoms with van der Waals surface area (Å²) < 4.78 is 0. The predicted molar refractivity (Wildman–Crippen MR) is 100 cm³/mol. The molecule has 0 saturated heterocycles. The average molecular weight is 350 g/mol. The Morgan fingerprint density at radius 1 is 1.12 bits per heavy atom. The van der Waals surface area contributed by atoms with Gasteiger partial charge >= 0.3 is 0 Å². The molecule has 0 bridgehead atoms. The molecule has 0 aliphatic heterocycles. The van der Waals surface area contributed by atoms with E-state index in [1.54, 1.807) is 12.4 Å². The molecule has 2 heterocycles. The number of hydrogen-bond donors (Lipinski definition) is 3. The van der Waals surface area contributed by atoms with Gasteiger partial charge in [-0.25, -0.2) is 4.98 Å². The minimum Gasteiger partial charge on any atom is -0.396 e. The van der Waals surface area contributed by atoms with Crippen molar-refractivity contribution in [2.75, 3.05) is 11.9 Å². The van der Waals surface area contributed by atoms with Gasteiger partial charge in [0.15, 0.2) is 0 Å². The van der Waals surface area contributed by atoms with Gasteiger partial charge in [0.05, 0.1) is 6.20 Å². The first-order valence-electron chi connectivity index (χ1n) is 9.03. The molecule has 1 amide bonds. The van der Waals surface area contributed by atoms with Gasteiger partial charge in [-0.1, -0.05) is 12.1 Å². The van der Waals surface area contributed by atoms with Gasteiger partial charge in [0.1, 0.15) is 5.82 Å². The molecule has 134 valence electrons. The highest BCUT2D eigenvalue weighted by Gasteiger charge is 2.26. The van der Waals surface area contributed by atoms with E-state index >= 15 is 0 Å². The predicted octanol–water partition coefficient (Wildman–Crippen LogP) is 3.36. The van der Waals surface area contributed by atoms with Crippen LogP contribution in [0.25, 0.3) is 21.9 Å². The van der Waals surface area contributed by atoms with E-state index in [1.807, 2.05) is 24.4 Å². The summed E-state index contributed by atoms with van der Waals surface area (Å²) in [5, 5.41) is 21.0. The van der Waals surface area contributed by atoms with Gasteiger partial charge in [-0.3, -0.25) is 9.89 Å². The number of aromatic amines is 1. The molecule has 1 aliphatic carbocycles. The van der Waals surface area contributed by atoms with Crippen LogP contribution in [0.1, 0.15) is 25.7 Å². The van der Waals surface area contributed by atoms with Crippen molar-refractivity contribution in [1.29, 1.82) is 0 Å². The first-order chi connectivity index (χ1) is 12.7. The van der Waals surface area contributed by atoms with Crippen molar-refractivity contribution < 1.29 is 9.90 Å². The van der Waals surface area contributed by atoms with E-state index in [1.165, 1.54) is 0 Å². The Morgan fingerprint density at radius 2 is 1.96 bits per heavy atom. The molecule has 3 N–H and O–H groups in total. The first-order valence-corrected chi connectivity index (χ1v) is 9.03. The van der Waals surface area contributed by atoms with Gasteiger partial charge < -0.3 is 10.4 Å². The summed E-state index contributed by atoms with van der Waals surface area (Å²) in [5.74, 6) is 0.960. The lowest BCUT2D eigenvalue weighted by atomic mass is 9.82. The van der Waals surface area contributed by atoms with Crippen LogP contribution in [0.2, 0.25) is 0 Å². The van der Waals surface area contributed by atoms with Crippen molar-refractivity contribution >= 4 is 22.5 Å². The third kappa shape index (κ3) is 3.46. The van der Waals surface area contributed by atoms with Crippen LogP contribution >= 0.6 is 0 Å². The van der Waals surface area contributed by atoms with E-state index < -0.39 is 0 Å². The van der Waals surface area contributed by atoms with E-state index in [-0.39, 0.29) is 18.4 Å². The number of aromatic nitrogens is 3. The number of rotatable bonds is 4. The third-order valence-corrected chi connectivity index (χ3v) is 5.28. The molecular weight excluding hydrogens is 328 g/mol. The van der Waals surface area contributed by atoms with Crippen LogP contribution in [0.3, 0.4) is 0 Å². The highest BCUT2D eigenvalue weighted by molar-refractivity contribution is 5.95. The van der Waals surface area contributed by atoms with Crippen molar-refractivity contribution in [1.82, 2.24) is 15.2 Å². The summed E-state index contributed by atoms with van der Waals surface area (Å²) >= 11 is 0. The van der Waals surface area contributed by atoms with Gasteiger partial charge in [-0.15, -0.1) is 0 Å². The summed E-state index contributed by atoms with van der Waals surface area (Å²) in [6, 6.07) is 8.04. The number of pyridine rings is 1. The largest absolute Gasteiger partial charge is 0.396 e. The van der Waals surface area contributed by atoms with E-state index in [0.717, 1.165) is 47.6 Å².